The first-order valence-corrected chi connectivity index (χ1v) is 7.29. The van der Waals surface area contributed by atoms with E-state index in [9.17, 15) is 4.21 Å². The van der Waals surface area contributed by atoms with Crippen LogP contribution in [-0.2, 0) is 16.6 Å². The van der Waals surface area contributed by atoms with Crippen LogP contribution in [0.25, 0.3) is 10.9 Å². The van der Waals surface area contributed by atoms with Gasteiger partial charge in [-0.15, -0.1) is 0 Å². The minimum atomic E-state index is -1.16. The summed E-state index contributed by atoms with van der Waals surface area (Å²) in [6.45, 7) is 0. The number of rotatable bonds is 3. The second-order valence-corrected chi connectivity index (χ2v) is 5.55. The Kier molecular flexibility index (Phi) is 3.33. The topological polar surface area (TPSA) is 42.9 Å². The summed E-state index contributed by atoms with van der Waals surface area (Å²) in [5, 5.41) is 1.66. The van der Waals surface area contributed by atoms with Gasteiger partial charge in [-0.3, -0.25) is 9.19 Å². The van der Waals surface area contributed by atoms with E-state index < -0.39 is 10.8 Å². The zero-order chi connectivity index (χ0) is 13.1. The zero-order valence-corrected chi connectivity index (χ0v) is 11.0. The van der Waals surface area contributed by atoms with E-state index in [1.54, 1.807) is 6.20 Å². The fraction of sp³-hybridized carbons (Fsp3) is 0.0667. The van der Waals surface area contributed by atoms with Crippen molar-refractivity contribution in [3.63, 3.8) is 0 Å². The van der Waals surface area contributed by atoms with Gasteiger partial charge in [0.2, 0.25) is 0 Å². The molecule has 0 N–H and O–H groups in total. The molecule has 0 radical (unpaired) electrons. The Hall–Kier alpha value is -2.07. The van der Waals surface area contributed by atoms with Crippen LogP contribution in [0.4, 0.5) is 0 Å². The summed E-state index contributed by atoms with van der Waals surface area (Å²) >= 11 is 0. The van der Waals surface area contributed by atoms with E-state index >= 15 is 0 Å². The van der Waals surface area contributed by atoms with Crippen LogP contribution in [-0.4, -0.2) is 14.2 Å². The fourth-order valence-electron chi connectivity index (χ4n) is 1.87. The predicted molar refractivity (Wildman–Crippen MR) is 76.1 cm³/mol. The highest BCUT2D eigenvalue weighted by molar-refractivity contribution is 7.84. The largest absolute Gasteiger partial charge is 0.260 e. The average molecular weight is 268 g/mol. The quantitative estimate of drug-likeness (QED) is 0.733. The smallest absolute Gasteiger partial charge is 0.128 e. The molecule has 0 saturated heterocycles. The lowest BCUT2D eigenvalue weighted by Crippen LogP contribution is -2.00. The average Bonchev–Trinajstić information content (AvgIpc) is 2.48. The Morgan fingerprint density at radius 2 is 1.79 bits per heavy atom. The summed E-state index contributed by atoms with van der Waals surface area (Å²) in [5.74, 6) is 0.395. The number of benzene rings is 1. The van der Waals surface area contributed by atoms with Crippen LogP contribution in [0.1, 0.15) is 5.69 Å². The summed E-state index contributed by atoms with van der Waals surface area (Å²) in [4.78, 5) is 8.63. The van der Waals surface area contributed by atoms with Crippen LogP contribution in [0.2, 0.25) is 0 Å². The third-order valence-corrected chi connectivity index (χ3v) is 4.06. The Morgan fingerprint density at radius 3 is 2.63 bits per heavy atom. The molecule has 94 valence electrons. The van der Waals surface area contributed by atoms with Gasteiger partial charge in [0.15, 0.2) is 0 Å². The maximum Gasteiger partial charge on any atom is 0.128 e. The Labute approximate surface area is 113 Å². The molecule has 3 rings (SSSR count). The van der Waals surface area contributed by atoms with Crippen molar-refractivity contribution < 1.29 is 4.21 Å². The van der Waals surface area contributed by atoms with E-state index in [-0.39, 0.29) is 0 Å². The van der Waals surface area contributed by atoms with Gasteiger partial charge < -0.3 is 0 Å². The van der Waals surface area contributed by atoms with Crippen molar-refractivity contribution in [1.82, 2.24) is 9.97 Å². The summed E-state index contributed by atoms with van der Waals surface area (Å²) in [5.41, 5.74) is 1.69. The number of nitrogens with zero attached hydrogens (tertiary/aromatic N) is 2. The first kappa shape index (κ1) is 12.0. The van der Waals surface area contributed by atoms with Gasteiger partial charge in [0.1, 0.15) is 5.03 Å². The van der Waals surface area contributed by atoms with Crippen LogP contribution < -0.4 is 0 Å². The first-order valence-electron chi connectivity index (χ1n) is 5.97. The van der Waals surface area contributed by atoms with Crippen molar-refractivity contribution in [2.45, 2.75) is 10.8 Å². The molecule has 1 aromatic carbocycles. The molecule has 0 bridgehead atoms. The van der Waals surface area contributed by atoms with Gasteiger partial charge in [-0.1, -0.05) is 30.3 Å². The minimum Gasteiger partial charge on any atom is -0.260 e. The molecule has 2 heterocycles. The lowest BCUT2D eigenvalue weighted by atomic mass is 10.2. The third-order valence-electron chi connectivity index (χ3n) is 2.81. The molecule has 2 aromatic heterocycles. The predicted octanol–water partition coefficient (Wildman–Crippen LogP) is 2.94. The second-order valence-electron chi connectivity index (χ2n) is 4.15. The molecule has 0 amide bonds. The molecule has 0 aliphatic heterocycles. The number of hydrogen-bond acceptors (Lipinski definition) is 3. The number of aromatic nitrogens is 2. The molecule has 0 saturated carbocycles. The third kappa shape index (κ3) is 2.69. The highest BCUT2D eigenvalue weighted by Gasteiger charge is 2.08. The van der Waals surface area contributed by atoms with Gasteiger partial charge in [0, 0.05) is 11.6 Å². The van der Waals surface area contributed by atoms with Crippen molar-refractivity contribution >= 4 is 21.7 Å². The Morgan fingerprint density at radius 1 is 0.947 bits per heavy atom. The SMILES string of the molecule is O=S(Cc1ccccn1)c1ccc2ccccc2n1. The molecule has 1 unspecified atom stereocenters. The number of para-hydroxylation sites is 1. The molecule has 0 aliphatic rings. The standard InChI is InChI=1S/C15H12N2OS/c18-19(11-13-6-3-4-10-16-13)15-9-8-12-5-1-2-7-14(12)17-15/h1-10H,11H2. The molecule has 3 nitrogen and oxygen atoms in total. The minimum absolute atomic E-state index is 0.395. The van der Waals surface area contributed by atoms with Gasteiger partial charge in [-0.05, 0) is 24.3 Å². The molecule has 3 aromatic rings. The maximum atomic E-state index is 12.3. The van der Waals surface area contributed by atoms with Crippen LogP contribution in [0, 0.1) is 0 Å². The van der Waals surface area contributed by atoms with Crippen molar-refractivity contribution in [3.8, 4) is 0 Å². The molecule has 0 spiro atoms. The number of fused-ring (bicyclic) bond motifs is 1. The summed E-state index contributed by atoms with van der Waals surface area (Å²) < 4.78 is 12.3. The van der Waals surface area contributed by atoms with Gasteiger partial charge in [0.25, 0.3) is 0 Å². The van der Waals surface area contributed by atoms with Crippen LogP contribution >= 0.6 is 0 Å². The lowest BCUT2D eigenvalue weighted by molar-refractivity contribution is 0.679. The Bertz CT molecular complexity index is 728. The van der Waals surface area contributed by atoms with Gasteiger partial charge >= 0.3 is 0 Å². The highest BCUT2D eigenvalue weighted by Crippen LogP contribution is 2.15. The van der Waals surface area contributed by atoms with E-state index in [0.29, 0.717) is 10.8 Å². The van der Waals surface area contributed by atoms with E-state index in [2.05, 4.69) is 9.97 Å². The van der Waals surface area contributed by atoms with E-state index in [4.69, 9.17) is 0 Å². The van der Waals surface area contributed by atoms with Crippen LogP contribution in [0.5, 0.6) is 0 Å². The molecule has 1 atom stereocenters. The maximum absolute atomic E-state index is 12.3. The van der Waals surface area contributed by atoms with Gasteiger partial charge in [-0.2, -0.15) is 0 Å². The highest BCUT2D eigenvalue weighted by atomic mass is 32.2. The van der Waals surface area contributed by atoms with Gasteiger partial charge in [0.05, 0.1) is 27.8 Å². The van der Waals surface area contributed by atoms with E-state index in [0.717, 1.165) is 16.6 Å². The van der Waals surface area contributed by atoms with Crippen LogP contribution in [0.15, 0.2) is 65.8 Å². The van der Waals surface area contributed by atoms with Crippen molar-refractivity contribution in [1.29, 1.82) is 0 Å². The fourth-order valence-corrected chi connectivity index (χ4v) is 2.87. The van der Waals surface area contributed by atoms with Crippen molar-refractivity contribution in [3.05, 3.63) is 66.5 Å². The zero-order valence-electron chi connectivity index (χ0n) is 10.2. The molecular formula is C15H12N2OS. The number of hydrogen-bond donors (Lipinski definition) is 0. The summed E-state index contributed by atoms with van der Waals surface area (Å²) in [6, 6.07) is 17.2. The number of pyridine rings is 2. The second kappa shape index (κ2) is 5.28. The molecule has 0 aliphatic carbocycles. The van der Waals surface area contributed by atoms with E-state index in [1.165, 1.54) is 0 Å². The van der Waals surface area contributed by atoms with Gasteiger partial charge in [-0.25, -0.2) is 4.98 Å². The molecule has 4 heteroatoms. The summed E-state index contributed by atoms with van der Waals surface area (Å²) in [7, 11) is -1.16. The summed E-state index contributed by atoms with van der Waals surface area (Å²) in [6.07, 6.45) is 1.71. The molecule has 0 fully saturated rings. The lowest BCUT2D eigenvalue weighted by Gasteiger charge is -2.03. The normalized spacial score (nSPS) is 12.4. The van der Waals surface area contributed by atoms with Crippen molar-refractivity contribution in [2.75, 3.05) is 0 Å². The Balaban J connectivity index is 1.89. The molecule has 19 heavy (non-hydrogen) atoms. The van der Waals surface area contributed by atoms with E-state index in [1.807, 2.05) is 54.6 Å². The monoisotopic (exact) mass is 268 g/mol. The first-order chi connectivity index (χ1) is 9.33. The van der Waals surface area contributed by atoms with Crippen LogP contribution in [0.3, 0.4) is 0 Å². The molecular weight excluding hydrogens is 256 g/mol. The van der Waals surface area contributed by atoms with Crippen molar-refractivity contribution in [2.24, 2.45) is 0 Å².